The van der Waals surface area contributed by atoms with Gasteiger partial charge in [0.2, 0.25) is 5.95 Å². The normalized spacial score (nSPS) is 17.3. The molecule has 2 aromatic rings. The Morgan fingerprint density at radius 3 is 3.14 bits per heavy atom. The summed E-state index contributed by atoms with van der Waals surface area (Å²) >= 11 is 1.87. The number of anilines is 2. The molecule has 112 valence electrons. The van der Waals surface area contributed by atoms with Crippen LogP contribution in [0.2, 0.25) is 0 Å². The van der Waals surface area contributed by atoms with Gasteiger partial charge in [0.15, 0.2) is 0 Å². The second kappa shape index (κ2) is 6.43. The average Bonchev–Trinajstić information content (AvgIpc) is 2.94. The van der Waals surface area contributed by atoms with Gasteiger partial charge < -0.3 is 10.6 Å². The minimum atomic E-state index is 0.383. The summed E-state index contributed by atoms with van der Waals surface area (Å²) in [5, 5.41) is 9.06. The number of fused-ring (bicyclic) bond motifs is 1. The highest BCUT2D eigenvalue weighted by atomic mass is 32.1. The Bertz CT molecular complexity index is 608. The van der Waals surface area contributed by atoms with Crippen molar-refractivity contribution in [1.82, 2.24) is 9.97 Å². The summed E-state index contributed by atoms with van der Waals surface area (Å²) in [7, 11) is 0. The molecular weight excluding hydrogens is 280 g/mol. The molecule has 0 saturated heterocycles. The third kappa shape index (κ3) is 3.35. The van der Waals surface area contributed by atoms with E-state index in [0.29, 0.717) is 6.04 Å². The molecule has 2 N–H and O–H groups in total. The van der Waals surface area contributed by atoms with Crippen LogP contribution in [0.4, 0.5) is 11.8 Å². The number of nitrogens with zero attached hydrogens (tertiary/aromatic N) is 2. The van der Waals surface area contributed by atoms with E-state index < -0.39 is 0 Å². The van der Waals surface area contributed by atoms with Crippen molar-refractivity contribution in [2.45, 2.75) is 45.6 Å². The van der Waals surface area contributed by atoms with Crippen molar-refractivity contribution in [2.75, 3.05) is 17.2 Å². The summed E-state index contributed by atoms with van der Waals surface area (Å²) in [6, 6.07) is 4.66. The van der Waals surface area contributed by atoms with E-state index in [1.807, 2.05) is 24.3 Å². The topological polar surface area (TPSA) is 49.8 Å². The highest BCUT2D eigenvalue weighted by molar-refractivity contribution is 7.10. The van der Waals surface area contributed by atoms with Crippen molar-refractivity contribution in [2.24, 2.45) is 0 Å². The summed E-state index contributed by atoms with van der Waals surface area (Å²) < 4.78 is 0. The molecule has 2 heterocycles. The van der Waals surface area contributed by atoms with Gasteiger partial charge in [-0.3, -0.25) is 0 Å². The summed E-state index contributed by atoms with van der Waals surface area (Å²) in [4.78, 5) is 10.6. The van der Waals surface area contributed by atoms with Gasteiger partial charge in [0.1, 0.15) is 5.82 Å². The molecule has 0 bridgehead atoms. The number of hydrogen-bond donors (Lipinski definition) is 2. The highest BCUT2D eigenvalue weighted by Crippen LogP contribution is 2.35. The molecular formula is C16H22N4S. The number of nitrogens with one attached hydrogen (secondary N) is 2. The molecule has 2 aromatic heterocycles. The van der Waals surface area contributed by atoms with Crippen molar-refractivity contribution < 1.29 is 0 Å². The maximum atomic E-state index is 4.59. The van der Waals surface area contributed by atoms with Crippen LogP contribution in [0.5, 0.6) is 0 Å². The number of aromatic nitrogens is 2. The zero-order valence-corrected chi connectivity index (χ0v) is 13.5. The van der Waals surface area contributed by atoms with Crippen LogP contribution in [0.25, 0.3) is 0 Å². The summed E-state index contributed by atoms with van der Waals surface area (Å²) in [5.41, 5.74) is 2.44. The first-order chi connectivity index (χ1) is 10.3. The first kappa shape index (κ1) is 14.3. The van der Waals surface area contributed by atoms with Crippen LogP contribution < -0.4 is 10.6 Å². The Morgan fingerprint density at radius 1 is 1.38 bits per heavy atom. The Hall–Kier alpha value is -1.62. The molecule has 1 unspecified atom stereocenters. The second-order valence-electron chi connectivity index (χ2n) is 5.53. The van der Waals surface area contributed by atoms with Gasteiger partial charge in [0.05, 0.1) is 6.04 Å². The van der Waals surface area contributed by atoms with Crippen LogP contribution in [0, 0.1) is 6.92 Å². The molecule has 5 heteroatoms. The lowest BCUT2D eigenvalue weighted by Gasteiger charge is -2.24. The van der Waals surface area contributed by atoms with Crippen LogP contribution in [-0.2, 0) is 6.42 Å². The molecule has 1 atom stereocenters. The summed E-state index contributed by atoms with van der Waals surface area (Å²) in [6.07, 6.45) is 4.71. The van der Waals surface area contributed by atoms with E-state index in [0.717, 1.165) is 30.4 Å². The number of aryl methyl sites for hydroxylation is 2. The maximum Gasteiger partial charge on any atom is 0.224 e. The van der Waals surface area contributed by atoms with Gasteiger partial charge in [-0.25, -0.2) is 4.98 Å². The van der Waals surface area contributed by atoms with Gasteiger partial charge in [-0.2, -0.15) is 4.98 Å². The van der Waals surface area contributed by atoms with Gasteiger partial charge in [-0.15, -0.1) is 11.3 Å². The van der Waals surface area contributed by atoms with Crippen LogP contribution in [0.15, 0.2) is 17.5 Å². The third-order valence-corrected chi connectivity index (χ3v) is 4.76. The van der Waals surface area contributed by atoms with E-state index in [-0.39, 0.29) is 0 Å². The van der Waals surface area contributed by atoms with Crippen LogP contribution >= 0.6 is 11.3 Å². The lowest BCUT2D eigenvalue weighted by Crippen LogP contribution is -2.17. The van der Waals surface area contributed by atoms with E-state index in [1.54, 1.807) is 0 Å². The van der Waals surface area contributed by atoms with Gasteiger partial charge in [0, 0.05) is 23.2 Å². The molecule has 21 heavy (non-hydrogen) atoms. The molecule has 1 aliphatic carbocycles. The molecule has 0 aliphatic heterocycles. The molecule has 0 spiro atoms. The van der Waals surface area contributed by atoms with E-state index in [9.17, 15) is 0 Å². The fraction of sp³-hybridized carbons (Fsp3) is 0.500. The van der Waals surface area contributed by atoms with Gasteiger partial charge in [0.25, 0.3) is 0 Å². The van der Waals surface area contributed by atoms with Crippen LogP contribution in [0.1, 0.15) is 48.4 Å². The number of hydrogen-bond acceptors (Lipinski definition) is 5. The molecule has 0 amide bonds. The average molecular weight is 302 g/mol. The lowest BCUT2D eigenvalue weighted by molar-refractivity contribution is 0.607. The van der Waals surface area contributed by atoms with Crippen molar-refractivity contribution in [3.63, 3.8) is 0 Å². The first-order valence-corrected chi connectivity index (χ1v) is 8.56. The first-order valence-electron chi connectivity index (χ1n) is 7.68. The van der Waals surface area contributed by atoms with Crippen molar-refractivity contribution in [1.29, 1.82) is 0 Å². The molecule has 0 saturated carbocycles. The van der Waals surface area contributed by atoms with Gasteiger partial charge >= 0.3 is 0 Å². The van der Waals surface area contributed by atoms with E-state index in [4.69, 9.17) is 0 Å². The predicted octanol–water partition coefficient (Wildman–Crippen LogP) is 4.16. The largest absolute Gasteiger partial charge is 0.363 e. The number of rotatable bonds is 5. The van der Waals surface area contributed by atoms with Gasteiger partial charge in [-0.1, -0.05) is 6.92 Å². The molecule has 1 aliphatic rings. The smallest absolute Gasteiger partial charge is 0.224 e. The Labute approximate surface area is 130 Å². The predicted molar refractivity (Wildman–Crippen MR) is 89.2 cm³/mol. The fourth-order valence-electron chi connectivity index (χ4n) is 2.77. The van der Waals surface area contributed by atoms with Crippen molar-refractivity contribution in [3.05, 3.63) is 33.6 Å². The second-order valence-corrected chi connectivity index (χ2v) is 6.53. The molecule has 3 rings (SSSR count). The molecule has 0 fully saturated rings. The van der Waals surface area contributed by atoms with E-state index in [1.165, 1.54) is 29.7 Å². The fourth-order valence-corrected chi connectivity index (χ4v) is 3.76. The quantitative estimate of drug-likeness (QED) is 0.871. The van der Waals surface area contributed by atoms with Crippen molar-refractivity contribution >= 4 is 23.1 Å². The maximum absolute atomic E-state index is 4.59. The summed E-state index contributed by atoms with van der Waals surface area (Å²) in [6.45, 7) is 5.06. The molecule has 0 aromatic carbocycles. The Balaban J connectivity index is 1.78. The third-order valence-electron chi connectivity index (χ3n) is 3.76. The summed E-state index contributed by atoms with van der Waals surface area (Å²) in [5.74, 6) is 1.64. The monoisotopic (exact) mass is 302 g/mol. The van der Waals surface area contributed by atoms with E-state index >= 15 is 0 Å². The highest BCUT2D eigenvalue weighted by Gasteiger charge is 2.21. The lowest BCUT2D eigenvalue weighted by atomic mass is 9.94. The Kier molecular flexibility index (Phi) is 4.39. The minimum absolute atomic E-state index is 0.383. The zero-order valence-electron chi connectivity index (χ0n) is 12.6. The molecule has 4 nitrogen and oxygen atoms in total. The zero-order chi connectivity index (χ0) is 14.7. The van der Waals surface area contributed by atoms with Crippen molar-refractivity contribution in [3.8, 4) is 0 Å². The minimum Gasteiger partial charge on any atom is -0.363 e. The number of thiophene rings is 1. The van der Waals surface area contributed by atoms with Crippen LogP contribution in [-0.4, -0.2) is 16.5 Å². The van der Waals surface area contributed by atoms with Crippen LogP contribution in [0.3, 0.4) is 0 Å². The van der Waals surface area contributed by atoms with E-state index in [2.05, 4.69) is 39.0 Å². The standard InChI is InChI=1S/C16H22N4S/c1-3-8-17-16-18-11(2)10-15(20-16)19-13-5-4-6-14-12(13)7-9-21-14/h7,9-10,13H,3-6,8H2,1-2H3,(H2,17,18,19,20). The van der Waals surface area contributed by atoms with Gasteiger partial charge in [-0.05, 0) is 49.6 Å². The SMILES string of the molecule is CCCNc1nc(C)cc(NC2CCCc3sccc32)n1. The Morgan fingerprint density at radius 2 is 2.29 bits per heavy atom. The molecule has 0 radical (unpaired) electrons.